The first-order valence-electron chi connectivity index (χ1n) is 6.81. The molecular weight excluding hydrogens is 262 g/mol. The van der Waals surface area contributed by atoms with Crippen LogP contribution in [-0.4, -0.2) is 49.3 Å². The number of carboxylic acids is 1. The second kappa shape index (κ2) is 6.20. The molecule has 3 N–H and O–H groups in total. The molecule has 0 aromatic rings. The third-order valence-electron chi connectivity index (χ3n) is 4.03. The highest BCUT2D eigenvalue weighted by Gasteiger charge is 2.41. The van der Waals surface area contributed by atoms with E-state index in [1.165, 1.54) is 0 Å². The van der Waals surface area contributed by atoms with E-state index >= 15 is 0 Å². The fraction of sp³-hybridized carbons (Fsp3) is 0.769. The number of nitrogens with one attached hydrogen (secondary N) is 2. The van der Waals surface area contributed by atoms with Crippen LogP contribution in [-0.2, 0) is 14.3 Å². The van der Waals surface area contributed by atoms with Gasteiger partial charge in [0.1, 0.15) is 5.41 Å². The van der Waals surface area contributed by atoms with Gasteiger partial charge in [-0.25, -0.2) is 0 Å². The Morgan fingerprint density at radius 2 is 2.05 bits per heavy atom. The monoisotopic (exact) mass is 281 g/mol. The predicted octanol–water partition coefficient (Wildman–Crippen LogP) is -0.514. The quantitative estimate of drug-likeness (QED) is 0.642. The lowest BCUT2D eigenvalue weighted by Gasteiger charge is -2.33. The van der Waals surface area contributed by atoms with E-state index < -0.39 is 17.3 Å². The SMILES string of the molecule is N#CC1(C(=O)N[C@@H]2CNC[C@H](C(=O)O)C2)CCOCC1. The van der Waals surface area contributed by atoms with Gasteiger partial charge in [0.15, 0.2) is 0 Å². The molecule has 20 heavy (non-hydrogen) atoms. The van der Waals surface area contributed by atoms with Crippen molar-refractivity contribution in [1.29, 1.82) is 5.26 Å². The molecule has 2 rings (SSSR count). The summed E-state index contributed by atoms with van der Waals surface area (Å²) in [5.74, 6) is -1.67. The van der Waals surface area contributed by atoms with Crippen LogP contribution < -0.4 is 10.6 Å². The summed E-state index contributed by atoms with van der Waals surface area (Å²) < 4.78 is 5.19. The number of hydrogen-bond donors (Lipinski definition) is 3. The van der Waals surface area contributed by atoms with E-state index in [0.717, 1.165) is 0 Å². The molecule has 0 radical (unpaired) electrons. The fourth-order valence-corrected chi connectivity index (χ4v) is 2.67. The molecule has 0 aromatic carbocycles. The summed E-state index contributed by atoms with van der Waals surface area (Å²) >= 11 is 0. The first-order valence-corrected chi connectivity index (χ1v) is 6.81. The Bertz CT molecular complexity index is 426. The average molecular weight is 281 g/mol. The van der Waals surface area contributed by atoms with Crippen molar-refractivity contribution in [1.82, 2.24) is 10.6 Å². The molecule has 2 saturated heterocycles. The van der Waals surface area contributed by atoms with Crippen LogP contribution in [0.1, 0.15) is 19.3 Å². The van der Waals surface area contributed by atoms with Gasteiger partial charge in [0.2, 0.25) is 5.91 Å². The Balaban J connectivity index is 1.96. The van der Waals surface area contributed by atoms with Crippen molar-refractivity contribution in [2.75, 3.05) is 26.3 Å². The fourth-order valence-electron chi connectivity index (χ4n) is 2.67. The van der Waals surface area contributed by atoms with Crippen molar-refractivity contribution in [3.05, 3.63) is 0 Å². The van der Waals surface area contributed by atoms with Gasteiger partial charge in [0.25, 0.3) is 0 Å². The summed E-state index contributed by atoms with van der Waals surface area (Å²) in [5.41, 5.74) is -1.03. The molecule has 0 unspecified atom stereocenters. The van der Waals surface area contributed by atoms with Gasteiger partial charge in [-0.3, -0.25) is 9.59 Å². The topological polar surface area (TPSA) is 111 Å². The maximum atomic E-state index is 12.3. The first-order chi connectivity index (χ1) is 9.57. The van der Waals surface area contributed by atoms with E-state index in [-0.39, 0.29) is 11.9 Å². The van der Waals surface area contributed by atoms with Crippen molar-refractivity contribution in [3.63, 3.8) is 0 Å². The van der Waals surface area contributed by atoms with Crippen LogP contribution in [0.2, 0.25) is 0 Å². The third-order valence-corrected chi connectivity index (χ3v) is 4.03. The maximum absolute atomic E-state index is 12.3. The molecule has 2 heterocycles. The summed E-state index contributed by atoms with van der Waals surface area (Å²) in [6.45, 7) is 1.76. The molecule has 0 spiro atoms. The minimum atomic E-state index is -1.03. The number of rotatable bonds is 3. The summed E-state index contributed by atoms with van der Waals surface area (Å²) in [5, 5.41) is 24.1. The summed E-state index contributed by atoms with van der Waals surface area (Å²) in [6.07, 6.45) is 1.17. The van der Waals surface area contributed by atoms with E-state index in [1.54, 1.807) is 0 Å². The normalized spacial score (nSPS) is 29.1. The van der Waals surface area contributed by atoms with Crippen LogP contribution in [0.3, 0.4) is 0 Å². The van der Waals surface area contributed by atoms with Crippen LogP contribution in [0, 0.1) is 22.7 Å². The van der Waals surface area contributed by atoms with E-state index in [9.17, 15) is 14.9 Å². The molecule has 1 amide bonds. The van der Waals surface area contributed by atoms with Crippen molar-refractivity contribution in [3.8, 4) is 6.07 Å². The lowest BCUT2D eigenvalue weighted by Crippen LogP contribution is -2.54. The molecule has 0 saturated carbocycles. The number of piperidine rings is 1. The van der Waals surface area contributed by atoms with Crippen molar-refractivity contribution >= 4 is 11.9 Å². The number of nitriles is 1. The molecule has 110 valence electrons. The zero-order chi connectivity index (χ0) is 14.6. The molecule has 2 fully saturated rings. The molecule has 2 aliphatic heterocycles. The average Bonchev–Trinajstić information content (AvgIpc) is 2.48. The van der Waals surface area contributed by atoms with Gasteiger partial charge < -0.3 is 20.5 Å². The zero-order valence-electron chi connectivity index (χ0n) is 11.2. The number of aliphatic carboxylic acids is 1. The Labute approximate surface area is 117 Å². The number of ether oxygens (including phenoxy) is 1. The van der Waals surface area contributed by atoms with Gasteiger partial charge in [-0.1, -0.05) is 0 Å². The number of carbonyl (C=O) groups excluding carboxylic acids is 1. The molecule has 0 bridgehead atoms. The van der Waals surface area contributed by atoms with E-state index in [0.29, 0.717) is 45.6 Å². The van der Waals surface area contributed by atoms with Gasteiger partial charge in [-0.2, -0.15) is 5.26 Å². The van der Waals surface area contributed by atoms with E-state index in [4.69, 9.17) is 9.84 Å². The molecule has 2 aliphatic rings. The van der Waals surface area contributed by atoms with Crippen LogP contribution in [0.15, 0.2) is 0 Å². The second-order valence-electron chi connectivity index (χ2n) is 5.41. The third kappa shape index (κ3) is 3.08. The van der Waals surface area contributed by atoms with Crippen LogP contribution in [0.25, 0.3) is 0 Å². The first kappa shape index (κ1) is 14.8. The lowest BCUT2D eigenvalue weighted by molar-refractivity contribution is -0.143. The van der Waals surface area contributed by atoms with E-state index in [2.05, 4.69) is 16.7 Å². The van der Waals surface area contributed by atoms with E-state index in [1.807, 2.05) is 0 Å². The number of amides is 1. The van der Waals surface area contributed by atoms with Crippen LogP contribution >= 0.6 is 0 Å². The molecule has 0 aliphatic carbocycles. The lowest BCUT2D eigenvalue weighted by atomic mass is 9.80. The molecule has 0 aromatic heterocycles. The Hall–Kier alpha value is -1.65. The summed E-state index contributed by atoms with van der Waals surface area (Å²) in [6, 6.07) is 1.87. The van der Waals surface area contributed by atoms with Crippen LogP contribution in [0.5, 0.6) is 0 Å². The zero-order valence-corrected chi connectivity index (χ0v) is 11.2. The minimum Gasteiger partial charge on any atom is -0.481 e. The molecule has 2 atom stereocenters. The molecule has 7 heteroatoms. The van der Waals surface area contributed by atoms with Crippen molar-refractivity contribution in [2.24, 2.45) is 11.3 Å². The maximum Gasteiger partial charge on any atom is 0.307 e. The van der Waals surface area contributed by atoms with Crippen molar-refractivity contribution in [2.45, 2.75) is 25.3 Å². The standard InChI is InChI=1S/C13H19N3O4/c14-8-13(1-3-20-4-2-13)12(19)16-10-5-9(11(17)18)6-15-7-10/h9-10,15H,1-7H2,(H,16,19)(H,17,18)/t9-,10+/m1/s1. The summed E-state index contributed by atoms with van der Waals surface area (Å²) in [4.78, 5) is 23.3. The minimum absolute atomic E-state index is 0.245. The number of carboxylic acid groups (broad SMARTS) is 1. The Morgan fingerprint density at radius 1 is 1.35 bits per heavy atom. The Kier molecular flexibility index (Phi) is 4.57. The smallest absolute Gasteiger partial charge is 0.307 e. The number of hydrogen-bond acceptors (Lipinski definition) is 5. The number of carbonyl (C=O) groups is 2. The van der Waals surface area contributed by atoms with Crippen molar-refractivity contribution < 1.29 is 19.4 Å². The van der Waals surface area contributed by atoms with Gasteiger partial charge in [0, 0.05) is 32.3 Å². The highest BCUT2D eigenvalue weighted by atomic mass is 16.5. The van der Waals surface area contributed by atoms with Gasteiger partial charge >= 0.3 is 5.97 Å². The molecular formula is C13H19N3O4. The second-order valence-corrected chi connectivity index (χ2v) is 5.41. The highest BCUT2D eigenvalue weighted by molar-refractivity contribution is 5.86. The van der Waals surface area contributed by atoms with Crippen LogP contribution in [0.4, 0.5) is 0 Å². The summed E-state index contributed by atoms with van der Waals surface area (Å²) in [7, 11) is 0. The largest absolute Gasteiger partial charge is 0.481 e. The van der Waals surface area contributed by atoms with Gasteiger partial charge in [-0.15, -0.1) is 0 Å². The van der Waals surface area contributed by atoms with Gasteiger partial charge in [0.05, 0.1) is 12.0 Å². The Morgan fingerprint density at radius 3 is 2.65 bits per heavy atom. The number of nitrogens with zero attached hydrogens (tertiary/aromatic N) is 1. The van der Waals surface area contributed by atoms with Gasteiger partial charge in [-0.05, 0) is 19.3 Å². The molecule has 7 nitrogen and oxygen atoms in total. The highest BCUT2D eigenvalue weighted by Crippen LogP contribution is 2.30. The predicted molar refractivity (Wildman–Crippen MR) is 68.6 cm³/mol.